The summed E-state index contributed by atoms with van der Waals surface area (Å²) in [7, 11) is 0. The lowest BCUT2D eigenvalue weighted by Gasteiger charge is -2.44. The van der Waals surface area contributed by atoms with Gasteiger partial charge in [0.1, 0.15) is 29.6 Å². The second kappa shape index (κ2) is 13.5. The van der Waals surface area contributed by atoms with Crippen molar-refractivity contribution in [2.24, 2.45) is 0 Å². The summed E-state index contributed by atoms with van der Waals surface area (Å²) in [6, 6.07) is 9.72. The molecule has 45 heavy (non-hydrogen) atoms. The first kappa shape index (κ1) is 31.8. The number of hydrogen-bond acceptors (Lipinski definition) is 13. The van der Waals surface area contributed by atoms with E-state index in [1.807, 2.05) is 41.2 Å². The predicted molar refractivity (Wildman–Crippen MR) is 153 cm³/mol. The number of hydrogen-bond donors (Lipinski definition) is 0. The standard InChI is InChI=1S/C30H36N6O9/c1-18(37)41-17-24-26(42-19(2)38)27(43-20(3)39)28(44-21(4)40)29(45-24)35-16-25(32-33-35)30(13-9-6-10-14-30)36-15-23(31-34-36)22-11-7-5-8-12-22/h5,7-8,11-12,15-16,24,26-29H,6,9-10,13-14,17H2,1-4H3/t24-,26-,27+,28-,29-/m0/s1. The Balaban J connectivity index is 1.55. The number of nitrogens with zero attached hydrogens (tertiary/aromatic N) is 6. The lowest BCUT2D eigenvalue weighted by atomic mass is 9.79. The molecule has 0 radical (unpaired) electrons. The predicted octanol–water partition coefficient (Wildman–Crippen LogP) is 2.50. The summed E-state index contributed by atoms with van der Waals surface area (Å²) in [5, 5.41) is 17.9. The molecule has 1 aliphatic heterocycles. The van der Waals surface area contributed by atoms with Crippen molar-refractivity contribution in [1.82, 2.24) is 30.0 Å². The van der Waals surface area contributed by atoms with Crippen LogP contribution in [0.5, 0.6) is 0 Å². The molecule has 5 atom stereocenters. The number of benzene rings is 1. The Labute approximate surface area is 259 Å². The summed E-state index contributed by atoms with van der Waals surface area (Å²) in [4.78, 5) is 48.3. The Bertz CT molecular complexity index is 1520. The van der Waals surface area contributed by atoms with Crippen LogP contribution < -0.4 is 0 Å². The van der Waals surface area contributed by atoms with Crippen LogP contribution >= 0.6 is 0 Å². The molecular weight excluding hydrogens is 588 g/mol. The number of ether oxygens (including phenoxy) is 5. The van der Waals surface area contributed by atoms with E-state index in [9.17, 15) is 19.2 Å². The molecule has 2 fully saturated rings. The van der Waals surface area contributed by atoms with Gasteiger partial charge in [-0.15, -0.1) is 10.2 Å². The zero-order valence-electron chi connectivity index (χ0n) is 25.5. The molecule has 2 aromatic heterocycles. The van der Waals surface area contributed by atoms with Gasteiger partial charge in [0.2, 0.25) is 0 Å². The molecule has 2 aliphatic rings. The molecule has 1 saturated heterocycles. The minimum Gasteiger partial charge on any atom is -0.463 e. The maximum atomic E-state index is 12.3. The van der Waals surface area contributed by atoms with Crippen molar-refractivity contribution >= 4 is 23.9 Å². The van der Waals surface area contributed by atoms with Gasteiger partial charge in [-0.05, 0) is 12.8 Å². The highest BCUT2D eigenvalue weighted by Gasteiger charge is 2.53. The maximum absolute atomic E-state index is 12.3. The van der Waals surface area contributed by atoms with E-state index in [1.54, 1.807) is 6.20 Å². The Morgan fingerprint density at radius 2 is 1.44 bits per heavy atom. The minimum atomic E-state index is -1.32. The van der Waals surface area contributed by atoms with Crippen LogP contribution in [0.3, 0.4) is 0 Å². The zero-order valence-corrected chi connectivity index (χ0v) is 25.5. The summed E-state index contributed by atoms with van der Waals surface area (Å²) < 4.78 is 31.3. The third-order valence-electron chi connectivity index (χ3n) is 7.90. The highest BCUT2D eigenvalue weighted by Crippen LogP contribution is 2.41. The van der Waals surface area contributed by atoms with Crippen LogP contribution in [0.25, 0.3) is 11.3 Å². The van der Waals surface area contributed by atoms with Crippen LogP contribution in [0.4, 0.5) is 0 Å². The monoisotopic (exact) mass is 624 g/mol. The molecule has 5 rings (SSSR count). The largest absolute Gasteiger partial charge is 0.463 e. The van der Waals surface area contributed by atoms with Crippen molar-refractivity contribution in [3.05, 3.63) is 48.4 Å². The third-order valence-corrected chi connectivity index (χ3v) is 7.90. The number of carbonyl (C=O) groups is 4. The molecule has 1 saturated carbocycles. The molecular formula is C30H36N6O9. The van der Waals surface area contributed by atoms with E-state index in [0.29, 0.717) is 11.4 Å². The fraction of sp³-hybridized carbons (Fsp3) is 0.533. The van der Waals surface area contributed by atoms with Crippen molar-refractivity contribution in [2.45, 2.75) is 96.0 Å². The van der Waals surface area contributed by atoms with E-state index in [2.05, 4.69) is 20.6 Å². The topological polar surface area (TPSA) is 176 Å². The first-order valence-corrected chi connectivity index (χ1v) is 14.8. The quantitative estimate of drug-likeness (QED) is 0.251. The van der Waals surface area contributed by atoms with E-state index in [1.165, 1.54) is 32.4 Å². The van der Waals surface area contributed by atoms with Crippen LogP contribution in [0.2, 0.25) is 0 Å². The summed E-state index contributed by atoms with van der Waals surface area (Å²) in [5.41, 5.74) is 1.55. The van der Waals surface area contributed by atoms with Crippen LogP contribution in [0, 0.1) is 0 Å². The van der Waals surface area contributed by atoms with Gasteiger partial charge < -0.3 is 23.7 Å². The summed E-state index contributed by atoms with van der Waals surface area (Å²) >= 11 is 0. The molecule has 3 heterocycles. The van der Waals surface area contributed by atoms with Crippen LogP contribution in [-0.2, 0) is 48.4 Å². The third kappa shape index (κ3) is 7.03. The Morgan fingerprint density at radius 1 is 0.800 bits per heavy atom. The highest BCUT2D eigenvalue weighted by atomic mass is 16.7. The van der Waals surface area contributed by atoms with Gasteiger partial charge in [-0.3, -0.25) is 19.2 Å². The number of aromatic nitrogens is 6. The fourth-order valence-electron chi connectivity index (χ4n) is 5.99. The van der Waals surface area contributed by atoms with Crippen molar-refractivity contribution in [3.8, 4) is 11.3 Å². The van der Waals surface area contributed by atoms with Gasteiger partial charge in [0.25, 0.3) is 0 Å². The minimum absolute atomic E-state index is 0.346. The van der Waals surface area contributed by atoms with Crippen LogP contribution in [0.1, 0.15) is 71.7 Å². The molecule has 3 aromatic rings. The van der Waals surface area contributed by atoms with Crippen LogP contribution in [-0.4, -0.2) is 84.9 Å². The van der Waals surface area contributed by atoms with Gasteiger partial charge in [-0.25, -0.2) is 9.36 Å². The van der Waals surface area contributed by atoms with Crippen LogP contribution in [0.15, 0.2) is 42.7 Å². The Kier molecular flexibility index (Phi) is 9.56. The molecule has 1 aromatic carbocycles. The molecule has 15 nitrogen and oxygen atoms in total. The lowest BCUT2D eigenvalue weighted by Crippen LogP contribution is -2.60. The van der Waals surface area contributed by atoms with Crippen molar-refractivity contribution in [3.63, 3.8) is 0 Å². The number of rotatable bonds is 9. The smallest absolute Gasteiger partial charge is 0.303 e. The van der Waals surface area contributed by atoms with E-state index in [0.717, 1.165) is 37.7 Å². The maximum Gasteiger partial charge on any atom is 0.303 e. The van der Waals surface area contributed by atoms with Gasteiger partial charge in [0.05, 0.1) is 12.4 Å². The Hall–Kier alpha value is -4.66. The van der Waals surface area contributed by atoms with Crippen molar-refractivity contribution in [1.29, 1.82) is 0 Å². The van der Waals surface area contributed by atoms with Gasteiger partial charge in [0, 0.05) is 33.3 Å². The summed E-state index contributed by atoms with van der Waals surface area (Å²) in [5.74, 6) is -2.74. The number of carbonyl (C=O) groups excluding carboxylic acids is 4. The fourth-order valence-corrected chi connectivity index (χ4v) is 5.99. The van der Waals surface area contributed by atoms with Gasteiger partial charge in [-0.1, -0.05) is 60.0 Å². The van der Waals surface area contributed by atoms with E-state index < -0.39 is 60.1 Å². The first-order chi connectivity index (χ1) is 21.6. The summed E-state index contributed by atoms with van der Waals surface area (Å²) in [6.45, 7) is 4.39. The van der Waals surface area contributed by atoms with Gasteiger partial charge >= 0.3 is 23.9 Å². The molecule has 0 amide bonds. The van der Waals surface area contributed by atoms with E-state index in [-0.39, 0.29) is 6.61 Å². The first-order valence-electron chi connectivity index (χ1n) is 14.8. The zero-order chi connectivity index (χ0) is 32.1. The van der Waals surface area contributed by atoms with E-state index in [4.69, 9.17) is 23.7 Å². The normalized spacial score (nSPS) is 24.3. The molecule has 240 valence electrons. The van der Waals surface area contributed by atoms with Gasteiger partial charge in [0.15, 0.2) is 24.5 Å². The SMILES string of the molecule is CC(=O)OC[C@@H]1O[C@H](n2cc(C3(n4cc(-c5ccccc5)nn4)CCCCC3)nn2)[C@@H](OC(C)=O)[C@H](OC(C)=O)[C@H]1OC(C)=O. The number of esters is 4. The Morgan fingerprint density at radius 3 is 2.09 bits per heavy atom. The van der Waals surface area contributed by atoms with Crippen molar-refractivity contribution in [2.75, 3.05) is 6.61 Å². The second-order valence-electron chi connectivity index (χ2n) is 11.2. The average Bonchev–Trinajstić information content (AvgIpc) is 3.70. The van der Waals surface area contributed by atoms with Crippen molar-refractivity contribution < 1.29 is 42.9 Å². The molecule has 0 spiro atoms. The average molecular weight is 625 g/mol. The second-order valence-corrected chi connectivity index (χ2v) is 11.2. The van der Waals surface area contributed by atoms with E-state index >= 15 is 0 Å². The molecule has 1 aliphatic carbocycles. The van der Waals surface area contributed by atoms with Gasteiger partial charge in [-0.2, -0.15) is 0 Å². The molecule has 15 heteroatoms. The highest BCUT2D eigenvalue weighted by molar-refractivity contribution is 5.68. The summed E-state index contributed by atoms with van der Waals surface area (Å²) in [6.07, 6.45) is 1.70. The molecule has 0 unspecified atom stereocenters. The lowest BCUT2D eigenvalue weighted by molar-refractivity contribution is -0.270. The molecule has 0 bridgehead atoms. The molecule has 0 N–H and O–H groups in total.